The highest BCUT2D eigenvalue weighted by Crippen LogP contribution is 2.52. The Labute approximate surface area is 196 Å². The Balaban J connectivity index is 1.29. The van der Waals surface area contributed by atoms with Crippen molar-refractivity contribution in [1.29, 1.82) is 0 Å². The van der Waals surface area contributed by atoms with E-state index in [-0.39, 0.29) is 23.1 Å². The first-order chi connectivity index (χ1) is 15.8. The fourth-order valence-corrected chi connectivity index (χ4v) is 6.09. The number of rotatable bonds is 8. The first-order valence-corrected chi connectivity index (χ1v) is 12.4. The van der Waals surface area contributed by atoms with Crippen molar-refractivity contribution >= 4 is 28.1 Å². The smallest absolute Gasteiger partial charge is 0.275 e. The number of nitrogens with one attached hydrogen (secondary N) is 1. The summed E-state index contributed by atoms with van der Waals surface area (Å²) < 4.78 is 40.4. The first kappa shape index (κ1) is 22.5. The van der Waals surface area contributed by atoms with Gasteiger partial charge in [-0.1, -0.05) is 13.3 Å². The summed E-state index contributed by atoms with van der Waals surface area (Å²) in [4.78, 5) is 20.5. The third-order valence-corrected chi connectivity index (χ3v) is 8.11. The van der Waals surface area contributed by atoms with Crippen LogP contribution in [-0.4, -0.2) is 42.8 Å². The molecule has 6 nitrogen and oxygen atoms in total. The zero-order valence-electron chi connectivity index (χ0n) is 19.1. The van der Waals surface area contributed by atoms with Crippen LogP contribution >= 0.6 is 11.3 Å². The summed E-state index contributed by atoms with van der Waals surface area (Å²) in [5.74, 6) is -1.14. The second-order valence-electron chi connectivity index (χ2n) is 9.72. The van der Waals surface area contributed by atoms with Crippen LogP contribution in [0.3, 0.4) is 0 Å². The summed E-state index contributed by atoms with van der Waals surface area (Å²) in [6, 6.07) is 2.22. The lowest BCUT2D eigenvalue weighted by atomic mass is 9.97. The number of hydrogen-bond donors (Lipinski definition) is 1. The predicted octanol–water partition coefficient (Wildman–Crippen LogP) is 5.03. The summed E-state index contributed by atoms with van der Waals surface area (Å²) >= 11 is 1.48. The van der Waals surface area contributed by atoms with Gasteiger partial charge < -0.3 is 19.7 Å². The minimum absolute atomic E-state index is 0.0459. The number of benzene rings is 1. The van der Waals surface area contributed by atoms with E-state index in [2.05, 4.69) is 15.2 Å². The van der Waals surface area contributed by atoms with E-state index in [1.54, 1.807) is 7.11 Å². The molecule has 1 amide bonds. The summed E-state index contributed by atoms with van der Waals surface area (Å²) in [5, 5.41) is 3.37. The fourth-order valence-electron chi connectivity index (χ4n) is 4.93. The van der Waals surface area contributed by atoms with Crippen molar-refractivity contribution in [3.8, 4) is 5.75 Å². The molecular formula is C24H29F2N3O3S. The molecule has 0 bridgehead atoms. The SMILES string of the molecule is CCCc1sc(N2CC(C)(OC)C2)nc1C(=O)Nc1cc(F)c(OC2CC3CC3C2)c(F)c1. The van der Waals surface area contributed by atoms with Crippen molar-refractivity contribution in [2.75, 3.05) is 30.4 Å². The van der Waals surface area contributed by atoms with E-state index in [0.29, 0.717) is 37.0 Å². The highest BCUT2D eigenvalue weighted by molar-refractivity contribution is 7.16. The molecule has 1 N–H and O–H groups in total. The first-order valence-electron chi connectivity index (χ1n) is 11.6. The van der Waals surface area contributed by atoms with Crippen LogP contribution in [0.5, 0.6) is 5.75 Å². The molecule has 2 atom stereocenters. The maximum atomic E-state index is 14.6. The molecule has 0 spiro atoms. The van der Waals surface area contributed by atoms with Crippen LogP contribution in [-0.2, 0) is 11.2 Å². The molecule has 3 fully saturated rings. The molecule has 5 rings (SSSR count). The summed E-state index contributed by atoms with van der Waals surface area (Å²) in [7, 11) is 1.69. The van der Waals surface area contributed by atoms with Gasteiger partial charge in [-0.05, 0) is 44.4 Å². The summed E-state index contributed by atoms with van der Waals surface area (Å²) in [5.41, 5.74) is 0.135. The van der Waals surface area contributed by atoms with Crippen LogP contribution in [0, 0.1) is 23.5 Å². The molecule has 1 aromatic heterocycles. The van der Waals surface area contributed by atoms with Gasteiger partial charge in [-0.3, -0.25) is 4.79 Å². The second-order valence-corrected chi connectivity index (χ2v) is 10.8. The highest BCUT2D eigenvalue weighted by Gasteiger charge is 2.47. The van der Waals surface area contributed by atoms with Crippen molar-refractivity contribution in [1.82, 2.24) is 4.98 Å². The standard InChI is InChI=1S/C24H29F2N3O3S/c1-4-5-19-20(28-23(33-19)29-11-24(2,12-29)31-3)22(30)27-15-9-17(25)21(18(26)10-15)32-16-7-13-6-14(13)8-16/h9-10,13-14,16H,4-8,11-12H2,1-3H3,(H,27,30). The van der Waals surface area contributed by atoms with Gasteiger partial charge in [-0.15, -0.1) is 11.3 Å². The zero-order valence-corrected chi connectivity index (χ0v) is 19.9. The van der Waals surface area contributed by atoms with Crippen LogP contribution in [0.15, 0.2) is 12.1 Å². The molecule has 1 aliphatic heterocycles. The molecule has 2 aromatic rings. The number of amides is 1. The van der Waals surface area contributed by atoms with Gasteiger partial charge in [0.25, 0.3) is 5.91 Å². The Hall–Kier alpha value is -2.26. The number of carbonyl (C=O) groups excluding carboxylic acids is 1. The number of halogens is 2. The van der Waals surface area contributed by atoms with E-state index in [1.165, 1.54) is 17.8 Å². The summed E-state index contributed by atoms with van der Waals surface area (Å²) in [6.07, 6.45) is 4.34. The Morgan fingerprint density at radius 2 is 1.91 bits per heavy atom. The van der Waals surface area contributed by atoms with E-state index >= 15 is 0 Å². The average Bonchev–Trinajstić information content (AvgIpc) is 3.16. The number of ether oxygens (including phenoxy) is 2. The number of nitrogens with zero attached hydrogens (tertiary/aromatic N) is 2. The quantitative estimate of drug-likeness (QED) is 0.578. The molecular weight excluding hydrogens is 448 g/mol. The molecule has 3 aliphatic rings. The molecule has 0 radical (unpaired) electrons. The zero-order chi connectivity index (χ0) is 23.3. The Morgan fingerprint density at radius 3 is 2.52 bits per heavy atom. The third-order valence-electron chi connectivity index (χ3n) is 6.93. The van der Waals surface area contributed by atoms with Crippen LogP contribution in [0.4, 0.5) is 19.6 Å². The number of aryl methyl sites for hydroxylation is 1. The van der Waals surface area contributed by atoms with Gasteiger partial charge in [0, 0.05) is 29.8 Å². The molecule has 9 heteroatoms. The van der Waals surface area contributed by atoms with Gasteiger partial charge in [-0.2, -0.15) is 0 Å². The van der Waals surface area contributed by atoms with Crippen molar-refractivity contribution in [3.63, 3.8) is 0 Å². The topological polar surface area (TPSA) is 63.7 Å². The molecule has 2 heterocycles. The van der Waals surface area contributed by atoms with Gasteiger partial charge >= 0.3 is 0 Å². The van der Waals surface area contributed by atoms with E-state index < -0.39 is 17.5 Å². The summed E-state index contributed by atoms with van der Waals surface area (Å²) in [6.45, 7) is 5.46. The van der Waals surface area contributed by atoms with Crippen molar-refractivity contribution < 1.29 is 23.0 Å². The average molecular weight is 478 g/mol. The van der Waals surface area contributed by atoms with Crippen LogP contribution < -0.4 is 15.0 Å². The molecule has 1 saturated heterocycles. The van der Waals surface area contributed by atoms with Gasteiger partial charge in [0.2, 0.25) is 0 Å². The van der Waals surface area contributed by atoms with Gasteiger partial charge in [-0.25, -0.2) is 13.8 Å². The number of thiazole rings is 1. The Bertz CT molecular complexity index is 1040. The van der Waals surface area contributed by atoms with Crippen molar-refractivity contribution in [3.05, 3.63) is 34.3 Å². The minimum Gasteiger partial charge on any atom is -0.484 e. The lowest BCUT2D eigenvalue weighted by molar-refractivity contribution is -0.0167. The van der Waals surface area contributed by atoms with Gasteiger partial charge in [0.1, 0.15) is 5.69 Å². The monoisotopic (exact) mass is 477 g/mol. The normalized spacial score (nSPS) is 24.9. The van der Waals surface area contributed by atoms with E-state index in [0.717, 1.165) is 41.4 Å². The third kappa shape index (κ3) is 4.45. The van der Waals surface area contributed by atoms with Crippen LogP contribution in [0.1, 0.15) is 54.9 Å². The van der Waals surface area contributed by atoms with E-state index in [1.807, 2.05) is 13.8 Å². The molecule has 33 heavy (non-hydrogen) atoms. The van der Waals surface area contributed by atoms with E-state index in [9.17, 15) is 13.6 Å². The lowest BCUT2D eigenvalue weighted by Gasteiger charge is -2.46. The molecule has 2 aliphatic carbocycles. The molecule has 2 saturated carbocycles. The number of aromatic nitrogens is 1. The number of hydrogen-bond acceptors (Lipinski definition) is 6. The number of methoxy groups -OCH3 is 1. The number of fused-ring (bicyclic) bond motifs is 1. The lowest BCUT2D eigenvalue weighted by Crippen LogP contribution is -2.61. The fraction of sp³-hybridized carbons (Fsp3) is 0.583. The minimum atomic E-state index is -0.807. The van der Waals surface area contributed by atoms with Crippen LogP contribution in [0.25, 0.3) is 0 Å². The number of carbonyl (C=O) groups is 1. The van der Waals surface area contributed by atoms with Gasteiger partial charge in [0.05, 0.1) is 24.8 Å². The maximum absolute atomic E-state index is 14.6. The largest absolute Gasteiger partial charge is 0.484 e. The Morgan fingerprint density at radius 1 is 1.24 bits per heavy atom. The number of anilines is 2. The van der Waals surface area contributed by atoms with Crippen molar-refractivity contribution in [2.45, 2.75) is 57.7 Å². The Kier molecular flexibility index (Phi) is 5.81. The molecule has 1 aromatic carbocycles. The predicted molar refractivity (Wildman–Crippen MR) is 123 cm³/mol. The molecule has 178 valence electrons. The second kappa shape index (κ2) is 8.51. The maximum Gasteiger partial charge on any atom is 0.275 e. The van der Waals surface area contributed by atoms with Crippen LogP contribution in [0.2, 0.25) is 0 Å². The van der Waals surface area contributed by atoms with Crippen molar-refractivity contribution in [2.24, 2.45) is 11.8 Å². The highest BCUT2D eigenvalue weighted by atomic mass is 32.1. The van der Waals surface area contributed by atoms with Gasteiger partial charge in [0.15, 0.2) is 22.5 Å². The molecule has 2 unspecified atom stereocenters. The van der Waals surface area contributed by atoms with E-state index in [4.69, 9.17) is 9.47 Å².